The van der Waals surface area contributed by atoms with E-state index in [4.69, 9.17) is 5.11 Å². The van der Waals surface area contributed by atoms with Crippen LogP contribution in [0.15, 0.2) is 9.45 Å². The number of hydrogen-bond donors (Lipinski definition) is 1. The summed E-state index contributed by atoms with van der Waals surface area (Å²) in [5.74, 6) is 0. The van der Waals surface area contributed by atoms with Gasteiger partial charge in [0.25, 0.3) is 0 Å². The molecule has 72 valence electrons. The van der Waals surface area contributed by atoms with Crippen molar-refractivity contribution in [2.75, 3.05) is 6.61 Å². The number of rotatable bonds is 7. The van der Waals surface area contributed by atoms with Gasteiger partial charge in [0.1, 0.15) is 0 Å². The van der Waals surface area contributed by atoms with Crippen LogP contribution in [0.4, 0.5) is 0 Å². The van der Waals surface area contributed by atoms with Gasteiger partial charge in [-0.3, -0.25) is 0 Å². The topological polar surface area (TPSA) is 20.2 Å². The first-order chi connectivity index (χ1) is 5.85. The molecule has 0 aliphatic heterocycles. The minimum absolute atomic E-state index is 0.297. The van der Waals surface area contributed by atoms with Crippen LogP contribution in [0, 0.1) is 0 Å². The van der Waals surface area contributed by atoms with Gasteiger partial charge in [-0.1, -0.05) is 0 Å². The van der Waals surface area contributed by atoms with E-state index in [1.54, 1.807) is 0 Å². The van der Waals surface area contributed by atoms with Crippen LogP contribution < -0.4 is 0 Å². The zero-order chi connectivity index (χ0) is 9.23. The van der Waals surface area contributed by atoms with Gasteiger partial charge in [0, 0.05) is 0 Å². The molecule has 1 N–H and O–H groups in total. The average molecular weight is 300 g/mol. The van der Waals surface area contributed by atoms with Crippen LogP contribution in [-0.2, 0) is 0 Å². The van der Waals surface area contributed by atoms with Gasteiger partial charge < -0.3 is 0 Å². The first kappa shape index (κ1) is 12.7. The van der Waals surface area contributed by atoms with Gasteiger partial charge >= 0.3 is 88.4 Å². The quantitative estimate of drug-likeness (QED) is 0.562. The number of aliphatic hydroxyl groups excluding tert-OH is 1. The molecule has 0 aromatic carbocycles. The van der Waals surface area contributed by atoms with Crippen molar-refractivity contribution in [2.45, 2.75) is 37.3 Å². The molecule has 0 spiro atoms. The van der Waals surface area contributed by atoms with E-state index in [1.807, 2.05) is 0 Å². The molecule has 0 unspecified atom stereocenters. The van der Waals surface area contributed by atoms with Crippen LogP contribution in [0.5, 0.6) is 0 Å². The molecule has 0 aliphatic carbocycles. The summed E-state index contributed by atoms with van der Waals surface area (Å²) >= 11 is 1.21. The Morgan fingerprint density at radius 3 is 2.42 bits per heavy atom. The van der Waals surface area contributed by atoms with E-state index in [2.05, 4.69) is 18.8 Å². The van der Waals surface area contributed by atoms with Gasteiger partial charge in [-0.05, 0) is 0 Å². The molecule has 0 heterocycles. The second kappa shape index (κ2) is 9.82. The average Bonchev–Trinajstić information content (AvgIpc) is 2.11. The maximum atomic E-state index is 9.01. The number of aliphatic hydroxyl groups is 1. The number of hydrogen-bond acceptors (Lipinski definition) is 1. The van der Waals surface area contributed by atoms with Crippen molar-refractivity contribution in [1.82, 2.24) is 0 Å². The summed E-state index contributed by atoms with van der Waals surface area (Å²) in [5, 5.41) is 11.6. The second-order valence-electron chi connectivity index (χ2n) is 2.46. The Morgan fingerprint density at radius 2 is 1.92 bits per heavy atom. The van der Waals surface area contributed by atoms with Crippen LogP contribution in [0.2, 0.25) is 10.6 Å². The molecule has 0 saturated heterocycles. The zero-order valence-electron chi connectivity index (χ0n) is 7.88. The predicted octanol–water partition coefficient (Wildman–Crippen LogP) is 1.89. The standard InChI is InChI=1S/C9H18OSe2/c1-3-5-11-8-9(7-10)12-6-4-2/h8,10H,3-7H2,1-2H3/b9-8-. The van der Waals surface area contributed by atoms with E-state index in [0.717, 1.165) is 0 Å². The molecule has 1 nitrogen and oxygen atoms in total. The fourth-order valence-electron chi connectivity index (χ4n) is 0.620. The molecule has 3 heteroatoms. The van der Waals surface area contributed by atoms with Crippen LogP contribution >= 0.6 is 0 Å². The Kier molecular flexibility index (Phi) is 10.4. The zero-order valence-corrected chi connectivity index (χ0v) is 11.3. The van der Waals surface area contributed by atoms with Crippen molar-refractivity contribution in [3.05, 3.63) is 9.45 Å². The summed E-state index contributed by atoms with van der Waals surface area (Å²) in [6.07, 6.45) is 2.52. The molecule has 0 radical (unpaired) electrons. The van der Waals surface area contributed by atoms with E-state index < -0.39 is 0 Å². The molecule has 0 bridgehead atoms. The fourth-order valence-corrected chi connectivity index (χ4v) is 4.70. The molecular weight excluding hydrogens is 282 g/mol. The van der Waals surface area contributed by atoms with Gasteiger partial charge in [0.15, 0.2) is 0 Å². The monoisotopic (exact) mass is 302 g/mol. The summed E-state index contributed by atoms with van der Waals surface area (Å²) in [6.45, 7) is 4.71. The van der Waals surface area contributed by atoms with E-state index in [0.29, 0.717) is 36.5 Å². The summed E-state index contributed by atoms with van der Waals surface area (Å²) < 4.78 is 1.32. The fraction of sp³-hybridized carbons (Fsp3) is 0.778. The Bertz CT molecular complexity index is 124. The summed E-state index contributed by atoms with van der Waals surface area (Å²) in [4.78, 5) is 2.30. The summed E-state index contributed by atoms with van der Waals surface area (Å²) in [7, 11) is 0. The maximum absolute atomic E-state index is 9.01. The summed E-state index contributed by atoms with van der Waals surface area (Å²) in [6, 6.07) is 0. The van der Waals surface area contributed by atoms with Gasteiger partial charge in [-0.15, -0.1) is 0 Å². The van der Waals surface area contributed by atoms with E-state index in [1.165, 1.54) is 28.0 Å². The molecule has 12 heavy (non-hydrogen) atoms. The van der Waals surface area contributed by atoms with Crippen LogP contribution in [0.25, 0.3) is 0 Å². The first-order valence-corrected chi connectivity index (χ1v) is 8.66. The van der Waals surface area contributed by atoms with Crippen LogP contribution in [0.1, 0.15) is 26.7 Å². The third-order valence-corrected chi connectivity index (χ3v) is 6.82. The van der Waals surface area contributed by atoms with Crippen molar-refractivity contribution in [3.8, 4) is 0 Å². The predicted molar refractivity (Wildman–Crippen MR) is 56.9 cm³/mol. The first-order valence-electron chi connectivity index (χ1n) is 4.39. The Morgan fingerprint density at radius 1 is 1.25 bits per heavy atom. The van der Waals surface area contributed by atoms with Gasteiger partial charge in [0.05, 0.1) is 0 Å². The molecule has 0 aromatic heterocycles. The molecular formula is C9H18OSe2. The van der Waals surface area contributed by atoms with E-state index in [-0.39, 0.29) is 0 Å². The van der Waals surface area contributed by atoms with Gasteiger partial charge in [0.2, 0.25) is 0 Å². The van der Waals surface area contributed by atoms with Crippen molar-refractivity contribution < 1.29 is 5.11 Å². The summed E-state index contributed by atoms with van der Waals surface area (Å²) in [5.41, 5.74) is 0. The van der Waals surface area contributed by atoms with E-state index >= 15 is 0 Å². The Labute approximate surface area is 88.3 Å². The minimum atomic E-state index is 0.297. The molecule has 0 fully saturated rings. The molecule has 0 aliphatic rings. The van der Waals surface area contributed by atoms with Crippen molar-refractivity contribution in [3.63, 3.8) is 0 Å². The third-order valence-electron chi connectivity index (χ3n) is 1.18. The van der Waals surface area contributed by atoms with Crippen molar-refractivity contribution >= 4 is 29.9 Å². The molecule has 0 amide bonds. The van der Waals surface area contributed by atoms with E-state index in [9.17, 15) is 0 Å². The third kappa shape index (κ3) is 7.39. The van der Waals surface area contributed by atoms with Crippen LogP contribution in [0.3, 0.4) is 0 Å². The van der Waals surface area contributed by atoms with Gasteiger partial charge in [-0.25, -0.2) is 0 Å². The van der Waals surface area contributed by atoms with Gasteiger partial charge in [-0.2, -0.15) is 0 Å². The van der Waals surface area contributed by atoms with Crippen molar-refractivity contribution in [2.24, 2.45) is 0 Å². The SMILES string of the molecule is CCC[Se]/C=C(/CO)[Se]CCC. The second-order valence-corrected chi connectivity index (χ2v) is 7.07. The Hall–Kier alpha value is 0.739. The molecule has 0 atom stereocenters. The van der Waals surface area contributed by atoms with Crippen LogP contribution in [-0.4, -0.2) is 41.6 Å². The van der Waals surface area contributed by atoms with Crippen molar-refractivity contribution in [1.29, 1.82) is 0 Å². The molecule has 0 aromatic rings. The normalized spacial score (nSPS) is 12.1. The Balaban J connectivity index is 3.55. The molecule has 0 saturated carbocycles. The molecule has 0 rings (SSSR count).